The van der Waals surface area contributed by atoms with Gasteiger partial charge in [-0.1, -0.05) is 0 Å². The first-order valence-corrected chi connectivity index (χ1v) is 8.32. The SMILES string of the molecule is N#CCCC[SiH](CCCC#N)OCC(Cl)Cl. The lowest BCUT2D eigenvalue weighted by Crippen LogP contribution is -2.20. The topological polar surface area (TPSA) is 56.8 Å². The van der Waals surface area contributed by atoms with E-state index in [0.717, 1.165) is 24.9 Å². The summed E-state index contributed by atoms with van der Waals surface area (Å²) in [6, 6.07) is 6.15. The largest absolute Gasteiger partial charge is 0.417 e. The summed E-state index contributed by atoms with van der Waals surface area (Å²) in [5, 5.41) is 16.9. The number of nitrogens with zero attached hydrogens (tertiary/aromatic N) is 2. The molecule has 0 unspecified atom stereocenters. The van der Waals surface area contributed by atoms with Crippen molar-refractivity contribution in [2.75, 3.05) is 6.61 Å². The molecule has 0 aromatic rings. The Balaban J connectivity index is 3.77. The van der Waals surface area contributed by atoms with Crippen molar-refractivity contribution in [3.05, 3.63) is 0 Å². The van der Waals surface area contributed by atoms with Crippen LogP contribution in [0.15, 0.2) is 0 Å². The molecule has 0 aromatic heterocycles. The molecule has 16 heavy (non-hydrogen) atoms. The molecule has 0 rings (SSSR count). The fourth-order valence-corrected chi connectivity index (χ4v) is 4.13. The Labute approximate surface area is 109 Å². The molecule has 0 aliphatic heterocycles. The van der Waals surface area contributed by atoms with Gasteiger partial charge >= 0.3 is 0 Å². The molecule has 0 amide bonds. The summed E-state index contributed by atoms with van der Waals surface area (Å²) in [4.78, 5) is -0.484. The molecule has 0 heterocycles. The van der Waals surface area contributed by atoms with Crippen LogP contribution in [0.4, 0.5) is 0 Å². The first-order chi connectivity index (χ1) is 7.70. The van der Waals surface area contributed by atoms with E-state index in [1.807, 2.05) is 0 Å². The zero-order valence-corrected chi connectivity index (χ0v) is 11.8. The second-order valence-corrected chi connectivity index (χ2v) is 7.46. The van der Waals surface area contributed by atoms with Gasteiger partial charge in [0.1, 0.15) is 4.84 Å². The van der Waals surface area contributed by atoms with Crippen molar-refractivity contribution in [1.29, 1.82) is 10.5 Å². The molecule has 0 N–H and O–H groups in total. The number of hydrogen-bond donors (Lipinski definition) is 0. The highest BCUT2D eigenvalue weighted by Gasteiger charge is 2.13. The predicted molar refractivity (Wildman–Crippen MR) is 67.9 cm³/mol. The van der Waals surface area contributed by atoms with Gasteiger partial charge in [-0.15, -0.1) is 23.2 Å². The van der Waals surface area contributed by atoms with E-state index < -0.39 is 13.9 Å². The van der Waals surface area contributed by atoms with E-state index in [4.69, 9.17) is 38.2 Å². The summed E-state index contributed by atoms with van der Waals surface area (Å²) in [5.41, 5.74) is 0. The van der Waals surface area contributed by atoms with Crippen molar-refractivity contribution in [2.24, 2.45) is 0 Å². The van der Waals surface area contributed by atoms with Crippen molar-refractivity contribution >= 4 is 32.2 Å². The van der Waals surface area contributed by atoms with Crippen molar-refractivity contribution in [2.45, 2.75) is 42.6 Å². The third kappa shape index (κ3) is 10.3. The van der Waals surface area contributed by atoms with E-state index in [1.54, 1.807) is 0 Å². The molecule has 0 atom stereocenters. The van der Waals surface area contributed by atoms with Crippen LogP contribution in [0, 0.1) is 22.7 Å². The number of alkyl halides is 2. The molecule has 3 nitrogen and oxygen atoms in total. The molecule has 0 aliphatic carbocycles. The highest BCUT2D eigenvalue weighted by atomic mass is 35.5. The predicted octanol–water partition coefficient (Wildman–Crippen LogP) is 3.14. The molecule has 90 valence electrons. The average molecular weight is 279 g/mol. The van der Waals surface area contributed by atoms with Crippen LogP contribution in [0.3, 0.4) is 0 Å². The van der Waals surface area contributed by atoms with Crippen LogP contribution in [-0.4, -0.2) is 20.5 Å². The van der Waals surface area contributed by atoms with Crippen LogP contribution in [0.1, 0.15) is 25.7 Å². The summed E-state index contributed by atoms with van der Waals surface area (Å²) < 4.78 is 5.65. The maximum Gasteiger partial charge on any atom is 0.177 e. The van der Waals surface area contributed by atoms with E-state index in [1.165, 1.54) is 0 Å². The number of unbranched alkanes of at least 4 members (excludes halogenated alkanes) is 2. The van der Waals surface area contributed by atoms with Gasteiger partial charge in [-0.2, -0.15) is 10.5 Å². The summed E-state index contributed by atoms with van der Waals surface area (Å²) in [5.74, 6) is 0. The van der Waals surface area contributed by atoms with Gasteiger partial charge in [0.15, 0.2) is 9.04 Å². The molecular weight excluding hydrogens is 263 g/mol. The minimum atomic E-state index is -1.32. The zero-order chi connectivity index (χ0) is 12.2. The van der Waals surface area contributed by atoms with E-state index in [0.29, 0.717) is 19.4 Å². The minimum Gasteiger partial charge on any atom is -0.417 e. The number of halogens is 2. The third-order valence-corrected chi connectivity index (χ3v) is 5.11. The fraction of sp³-hybridized carbons (Fsp3) is 0.800. The van der Waals surface area contributed by atoms with Gasteiger partial charge in [-0.3, -0.25) is 0 Å². The molecule has 0 saturated carbocycles. The highest BCUT2D eigenvalue weighted by molar-refractivity contribution is 6.52. The molecule has 0 radical (unpaired) electrons. The summed E-state index contributed by atoms with van der Waals surface area (Å²) in [7, 11) is -1.32. The van der Waals surface area contributed by atoms with Gasteiger partial charge in [-0.25, -0.2) is 0 Å². The number of nitriles is 2. The van der Waals surface area contributed by atoms with Crippen molar-refractivity contribution in [1.82, 2.24) is 0 Å². The van der Waals surface area contributed by atoms with Crippen LogP contribution in [0.25, 0.3) is 0 Å². The van der Waals surface area contributed by atoms with Crippen LogP contribution in [0.5, 0.6) is 0 Å². The summed E-state index contributed by atoms with van der Waals surface area (Å²) in [6.07, 6.45) is 2.87. The van der Waals surface area contributed by atoms with E-state index in [-0.39, 0.29) is 0 Å². The first-order valence-electron chi connectivity index (χ1n) is 5.34. The monoisotopic (exact) mass is 278 g/mol. The van der Waals surface area contributed by atoms with Gasteiger partial charge in [0, 0.05) is 12.8 Å². The Kier molecular flexibility index (Phi) is 11.0. The fourth-order valence-electron chi connectivity index (χ4n) is 1.34. The maximum absolute atomic E-state index is 8.45. The van der Waals surface area contributed by atoms with Crippen LogP contribution >= 0.6 is 23.2 Å². The standard InChI is InChI=1S/C10H16Cl2N2OSi/c11-10(12)9-15-16(7-3-1-5-13)8-4-2-6-14/h10,16H,1-4,7-9H2. The van der Waals surface area contributed by atoms with Gasteiger partial charge in [0.2, 0.25) is 0 Å². The zero-order valence-electron chi connectivity index (χ0n) is 9.16. The van der Waals surface area contributed by atoms with Gasteiger partial charge < -0.3 is 4.43 Å². The van der Waals surface area contributed by atoms with Crippen LogP contribution < -0.4 is 0 Å². The Morgan fingerprint density at radius 2 is 1.56 bits per heavy atom. The molecular formula is C10H16Cl2N2OSi. The van der Waals surface area contributed by atoms with Crippen LogP contribution in [-0.2, 0) is 4.43 Å². The first kappa shape index (κ1) is 15.7. The average Bonchev–Trinajstić information content (AvgIpc) is 2.25. The molecule has 6 heteroatoms. The van der Waals surface area contributed by atoms with E-state index in [2.05, 4.69) is 12.1 Å². The van der Waals surface area contributed by atoms with E-state index >= 15 is 0 Å². The molecule has 0 spiro atoms. The van der Waals surface area contributed by atoms with Gasteiger partial charge in [-0.05, 0) is 24.9 Å². The van der Waals surface area contributed by atoms with Gasteiger partial charge in [0.25, 0.3) is 0 Å². The Morgan fingerprint density at radius 3 is 1.94 bits per heavy atom. The maximum atomic E-state index is 8.45. The quantitative estimate of drug-likeness (QED) is 0.370. The van der Waals surface area contributed by atoms with Crippen LogP contribution in [0.2, 0.25) is 12.1 Å². The molecule has 0 aromatic carbocycles. The molecule has 0 aliphatic rings. The highest BCUT2D eigenvalue weighted by Crippen LogP contribution is 2.13. The molecule has 0 saturated heterocycles. The third-order valence-electron chi connectivity index (χ3n) is 2.09. The lowest BCUT2D eigenvalue weighted by molar-refractivity contribution is 0.333. The van der Waals surface area contributed by atoms with E-state index in [9.17, 15) is 0 Å². The summed E-state index contributed by atoms with van der Waals surface area (Å²) in [6.45, 7) is 0.360. The van der Waals surface area contributed by atoms with Crippen molar-refractivity contribution in [3.8, 4) is 12.1 Å². The second kappa shape index (κ2) is 11.2. The number of hydrogen-bond acceptors (Lipinski definition) is 3. The van der Waals surface area contributed by atoms with Crippen molar-refractivity contribution < 1.29 is 4.43 Å². The normalized spacial score (nSPS) is 10.4. The summed E-state index contributed by atoms with van der Waals surface area (Å²) >= 11 is 11.2. The minimum absolute atomic E-state index is 0.360. The Hall–Kier alpha value is -0.263. The smallest absolute Gasteiger partial charge is 0.177 e. The van der Waals surface area contributed by atoms with Crippen molar-refractivity contribution in [3.63, 3.8) is 0 Å². The lowest BCUT2D eigenvalue weighted by Gasteiger charge is -2.15. The lowest BCUT2D eigenvalue weighted by atomic mass is 10.4. The number of rotatable bonds is 9. The Morgan fingerprint density at radius 1 is 1.06 bits per heavy atom. The van der Waals surface area contributed by atoms with Gasteiger partial charge in [0.05, 0.1) is 18.7 Å². The Bertz CT molecular complexity index is 230. The molecule has 0 bridgehead atoms. The molecule has 0 fully saturated rings. The second-order valence-electron chi connectivity index (χ2n) is 3.45.